The smallest absolute Gasteiger partial charge is 0.146 e. The third-order valence-electron chi connectivity index (χ3n) is 9.34. The van der Waals surface area contributed by atoms with E-state index in [-0.39, 0.29) is 35.7 Å². The number of hydrogen-bond acceptors (Lipinski definition) is 5. The van der Waals surface area contributed by atoms with Gasteiger partial charge in [0.15, 0.2) is 0 Å². The molecule has 3 aliphatic rings. The van der Waals surface area contributed by atoms with Gasteiger partial charge in [-0.15, -0.1) is 0 Å². The summed E-state index contributed by atoms with van der Waals surface area (Å²) in [5.74, 6) is 1.04. The number of methoxy groups -OCH3 is 2. The summed E-state index contributed by atoms with van der Waals surface area (Å²) in [6, 6.07) is 0. The van der Waals surface area contributed by atoms with E-state index in [9.17, 15) is 9.59 Å². The van der Waals surface area contributed by atoms with E-state index in [1.165, 1.54) is 0 Å². The predicted octanol–water partition coefficient (Wildman–Crippen LogP) is 4.42. The van der Waals surface area contributed by atoms with Gasteiger partial charge in [-0.1, -0.05) is 27.7 Å². The molecule has 0 amide bonds. The minimum absolute atomic E-state index is 0.0282. The van der Waals surface area contributed by atoms with Gasteiger partial charge in [-0.05, 0) is 55.8 Å². The van der Waals surface area contributed by atoms with Crippen molar-refractivity contribution in [2.45, 2.75) is 84.8 Å². The van der Waals surface area contributed by atoms with Crippen LogP contribution in [0.25, 0.3) is 0 Å². The number of ether oxygens (including phenoxy) is 3. The van der Waals surface area contributed by atoms with Crippen molar-refractivity contribution in [1.29, 1.82) is 0 Å². The van der Waals surface area contributed by atoms with Crippen LogP contribution < -0.4 is 0 Å². The van der Waals surface area contributed by atoms with E-state index < -0.39 is 5.41 Å². The van der Waals surface area contributed by atoms with Gasteiger partial charge in [-0.2, -0.15) is 0 Å². The normalized spacial score (nSPS) is 47.4. The molecular weight excluding hydrogens is 368 g/mol. The van der Waals surface area contributed by atoms with E-state index in [1.54, 1.807) is 7.11 Å². The highest BCUT2D eigenvalue weighted by atomic mass is 16.7. The Morgan fingerprint density at radius 3 is 2.45 bits per heavy atom. The standard InChI is InChI=1S/C24H40O5/c1-16-8-11-24-12-9-18(28-6)20(24)23(16,4)19(29-15-27-5)14-22(3,10-7-13-25)21(26)17(24)2/h13,16-20H,7-12,14-15H2,1-6H3/t16-,17+,18-,19-,20?,22-,23+,24?/m1/s1. The van der Waals surface area contributed by atoms with Crippen LogP contribution in [0.4, 0.5) is 0 Å². The Morgan fingerprint density at radius 1 is 1.14 bits per heavy atom. The molecule has 3 aliphatic carbocycles. The monoisotopic (exact) mass is 408 g/mol. The van der Waals surface area contributed by atoms with E-state index in [4.69, 9.17) is 14.2 Å². The van der Waals surface area contributed by atoms with Crippen LogP contribution in [0, 0.1) is 34.0 Å². The van der Waals surface area contributed by atoms with Gasteiger partial charge in [-0.3, -0.25) is 4.79 Å². The van der Waals surface area contributed by atoms with Crippen LogP contribution in [0.2, 0.25) is 0 Å². The zero-order valence-electron chi connectivity index (χ0n) is 19.2. The molecule has 0 saturated heterocycles. The molecule has 5 heteroatoms. The lowest BCUT2D eigenvalue weighted by molar-refractivity contribution is -0.220. The highest BCUT2D eigenvalue weighted by Crippen LogP contribution is 2.68. The summed E-state index contributed by atoms with van der Waals surface area (Å²) in [7, 11) is 3.46. The lowest BCUT2D eigenvalue weighted by Gasteiger charge is -2.62. The second kappa shape index (κ2) is 8.39. The first-order valence-corrected chi connectivity index (χ1v) is 11.3. The summed E-state index contributed by atoms with van der Waals surface area (Å²) in [5.41, 5.74) is -0.706. The van der Waals surface area contributed by atoms with Crippen molar-refractivity contribution in [3.8, 4) is 0 Å². The maximum absolute atomic E-state index is 13.9. The van der Waals surface area contributed by atoms with Crippen molar-refractivity contribution in [1.82, 2.24) is 0 Å². The van der Waals surface area contributed by atoms with Crippen LogP contribution in [0.1, 0.15) is 72.6 Å². The summed E-state index contributed by atoms with van der Waals surface area (Å²) in [6.07, 6.45) is 6.85. The summed E-state index contributed by atoms with van der Waals surface area (Å²) >= 11 is 0. The summed E-state index contributed by atoms with van der Waals surface area (Å²) in [5, 5.41) is 0. The maximum Gasteiger partial charge on any atom is 0.146 e. The molecule has 0 aromatic carbocycles. The molecule has 0 aliphatic heterocycles. The van der Waals surface area contributed by atoms with Crippen molar-refractivity contribution >= 4 is 12.1 Å². The minimum atomic E-state index is -0.555. The molecule has 166 valence electrons. The van der Waals surface area contributed by atoms with Gasteiger partial charge in [0, 0.05) is 37.4 Å². The molecule has 3 rings (SSSR count). The van der Waals surface area contributed by atoms with Crippen LogP contribution in [0.15, 0.2) is 0 Å². The van der Waals surface area contributed by atoms with Crippen molar-refractivity contribution in [3.63, 3.8) is 0 Å². The second-order valence-electron chi connectivity index (χ2n) is 10.4. The molecule has 0 aromatic rings. The van der Waals surface area contributed by atoms with Crippen LogP contribution in [-0.2, 0) is 23.8 Å². The molecule has 0 aromatic heterocycles. The summed E-state index contributed by atoms with van der Waals surface area (Å²) < 4.78 is 17.7. The largest absolute Gasteiger partial charge is 0.381 e. The molecule has 2 unspecified atom stereocenters. The Hall–Kier alpha value is -0.780. The average molecular weight is 409 g/mol. The Bertz CT molecular complexity index is 620. The molecule has 5 nitrogen and oxygen atoms in total. The maximum atomic E-state index is 13.9. The van der Waals surface area contributed by atoms with Gasteiger partial charge in [-0.25, -0.2) is 0 Å². The second-order valence-corrected chi connectivity index (χ2v) is 10.4. The first kappa shape index (κ1) is 22.9. The van der Waals surface area contributed by atoms with Crippen molar-refractivity contribution < 1.29 is 23.8 Å². The van der Waals surface area contributed by atoms with E-state index in [1.807, 2.05) is 7.11 Å². The number of rotatable bonds is 7. The Labute approximate surface area is 176 Å². The Balaban J connectivity index is 2.16. The molecule has 2 bridgehead atoms. The molecule has 3 fully saturated rings. The zero-order chi connectivity index (χ0) is 21.4. The summed E-state index contributed by atoms with van der Waals surface area (Å²) in [4.78, 5) is 25.1. The van der Waals surface area contributed by atoms with Crippen LogP contribution >= 0.6 is 0 Å². The van der Waals surface area contributed by atoms with E-state index >= 15 is 0 Å². The third-order valence-corrected chi connectivity index (χ3v) is 9.34. The number of hydrogen-bond donors (Lipinski definition) is 0. The number of aldehydes is 1. The lowest BCUT2D eigenvalue weighted by atomic mass is 9.43. The highest BCUT2D eigenvalue weighted by Gasteiger charge is 2.68. The fourth-order valence-electron chi connectivity index (χ4n) is 7.49. The molecule has 8 atom stereocenters. The molecule has 0 N–H and O–H groups in total. The zero-order valence-corrected chi connectivity index (χ0v) is 19.2. The van der Waals surface area contributed by atoms with E-state index in [2.05, 4.69) is 27.7 Å². The molecule has 0 spiro atoms. The van der Waals surface area contributed by atoms with Crippen LogP contribution in [0.5, 0.6) is 0 Å². The van der Waals surface area contributed by atoms with Gasteiger partial charge < -0.3 is 19.0 Å². The predicted molar refractivity (Wildman–Crippen MR) is 111 cm³/mol. The molecule has 0 heterocycles. The number of carbonyl (C=O) groups is 2. The average Bonchev–Trinajstić information content (AvgIpc) is 3.11. The van der Waals surface area contributed by atoms with Gasteiger partial charge in [0.25, 0.3) is 0 Å². The van der Waals surface area contributed by atoms with E-state index in [0.717, 1.165) is 32.0 Å². The summed E-state index contributed by atoms with van der Waals surface area (Å²) in [6.45, 7) is 9.14. The van der Waals surface area contributed by atoms with Gasteiger partial charge in [0.2, 0.25) is 0 Å². The fraction of sp³-hybridized carbons (Fsp3) is 0.917. The molecule has 3 saturated carbocycles. The number of ketones is 1. The topological polar surface area (TPSA) is 61.8 Å². The Morgan fingerprint density at radius 2 is 1.83 bits per heavy atom. The fourth-order valence-corrected chi connectivity index (χ4v) is 7.49. The molecule has 0 radical (unpaired) electrons. The van der Waals surface area contributed by atoms with Crippen molar-refractivity contribution in [2.24, 2.45) is 34.0 Å². The van der Waals surface area contributed by atoms with Crippen LogP contribution in [-0.4, -0.2) is 45.3 Å². The SMILES string of the molecule is COCO[C@@H]1C[C@@](C)(CCC=O)C(=O)[C@H](C)C23CC[C@@H](C)[C@]1(C)C2[C@H](OC)CC3. The van der Waals surface area contributed by atoms with Gasteiger partial charge >= 0.3 is 0 Å². The van der Waals surface area contributed by atoms with Gasteiger partial charge in [0.1, 0.15) is 18.9 Å². The molecular formula is C24H40O5. The van der Waals surface area contributed by atoms with Crippen LogP contribution in [0.3, 0.4) is 0 Å². The third kappa shape index (κ3) is 3.41. The first-order chi connectivity index (χ1) is 13.7. The first-order valence-electron chi connectivity index (χ1n) is 11.3. The Kier molecular flexibility index (Phi) is 6.63. The van der Waals surface area contributed by atoms with Crippen molar-refractivity contribution in [2.75, 3.05) is 21.0 Å². The van der Waals surface area contributed by atoms with Gasteiger partial charge in [0.05, 0.1) is 12.2 Å². The quantitative estimate of drug-likeness (QED) is 0.461. The number of carbonyl (C=O) groups excluding carboxylic acids is 2. The minimum Gasteiger partial charge on any atom is -0.381 e. The molecule has 29 heavy (non-hydrogen) atoms. The lowest BCUT2D eigenvalue weighted by Crippen LogP contribution is -2.63. The van der Waals surface area contributed by atoms with E-state index in [0.29, 0.717) is 36.9 Å². The van der Waals surface area contributed by atoms with Crippen molar-refractivity contribution in [3.05, 3.63) is 0 Å². The number of Topliss-reactive ketones (excluding diaryl/α,β-unsaturated/α-hetero) is 1. The highest BCUT2D eigenvalue weighted by molar-refractivity contribution is 5.87.